The molecule has 1 aliphatic carbocycles. The lowest BCUT2D eigenvalue weighted by atomic mass is 10.1. The minimum absolute atomic E-state index is 0.0436. The zero-order valence-electron chi connectivity index (χ0n) is 11.2. The zero-order valence-corrected chi connectivity index (χ0v) is 11.2. The smallest absolute Gasteiger partial charge is 0.305 e. The minimum atomic E-state index is -0.801. The van der Waals surface area contributed by atoms with Crippen LogP contribution in [-0.4, -0.2) is 34.9 Å². The van der Waals surface area contributed by atoms with E-state index >= 15 is 0 Å². The van der Waals surface area contributed by atoms with Crippen LogP contribution in [0.4, 0.5) is 5.69 Å². The first-order valence-corrected chi connectivity index (χ1v) is 6.81. The Hall–Kier alpha value is -1.55. The van der Waals surface area contributed by atoms with E-state index < -0.39 is 5.97 Å². The van der Waals surface area contributed by atoms with Crippen molar-refractivity contribution >= 4 is 11.7 Å². The largest absolute Gasteiger partial charge is 0.481 e. The molecule has 2 N–H and O–H groups in total. The molecule has 0 aromatic heterocycles. The molecule has 2 atom stereocenters. The molecule has 0 amide bonds. The van der Waals surface area contributed by atoms with Gasteiger partial charge in [0.25, 0.3) is 0 Å². The average Bonchev–Trinajstić information content (AvgIpc) is 2.78. The number of aryl methyl sites for hydroxylation is 1. The molecule has 2 rings (SSSR count). The van der Waals surface area contributed by atoms with Crippen LogP contribution in [0.5, 0.6) is 0 Å². The van der Waals surface area contributed by atoms with E-state index in [1.165, 1.54) is 5.56 Å². The molecule has 0 bridgehead atoms. The van der Waals surface area contributed by atoms with E-state index in [9.17, 15) is 9.90 Å². The topological polar surface area (TPSA) is 60.8 Å². The van der Waals surface area contributed by atoms with Crippen molar-refractivity contribution in [1.82, 2.24) is 0 Å². The molecule has 2 unspecified atom stereocenters. The van der Waals surface area contributed by atoms with E-state index in [2.05, 4.69) is 0 Å². The number of benzene rings is 1. The van der Waals surface area contributed by atoms with Gasteiger partial charge in [0.05, 0.1) is 18.6 Å². The third kappa shape index (κ3) is 3.47. The van der Waals surface area contributed by atoms with Crippen molar-refractivity contribution in [2.75, 3.05) is 11.4 Å². The number of hydrogen-bond acceptors (Lipinski definition) is 3. The van der Waals surface area contributed by atoms with Gasteiger partial charge in [-0.3, -0.25) is 4.79 Å². The Labute approximate surface area is 113 Å². The summed E-state index contributed by atoms with van der Waals surface area (Å²) in [6, 6.07) is 8.08. The van der Waals surface area contributed by atoms with Crippen LogP contribution in [0, 0.1) is 6.92 Å². The lowest BCUT2D eigenvalue weighted by Crippen LogP contribution is -2.41. The third-order valence-corrected chi connectivity index (χ3v) is 3.78. The molecule has 19 heavy (non-hydrogen) atoms. The van der Waals surface area contributed by atoms with Crippen LogP contribution in [0.15, 0.2) is 24.3 Å². The number of carboxylic acid groups (broad SMARTS) is 1. The Morgan fingerprint density at radius 3 is 2.53 bits per heavy atom. The van der Waals surface area contributed by atoms with Crippen molar-refractivity contribution in [3.8, 4) is 0 Å². The summed E-state index contributed by atoms with van der Waals surface area (Å²) in [6.45, 7) is 2.47. The summed E-state index contributed by atoms with van der Waals surface area (Å²) in [5.41, 5.74) is 2.17. The van der Waals surface area contributed by atoms with Crippen molar-refractivity contribution < 1.29 is 15.0 Å². The van der Waals surface area contributed by atoms with Gasteiger partial charge >= 0.3 is 5.97 Å². The van der Waals surface area contributed by atoms with E-state index in [0.29, 0.717) is 6.54 Å². The van der Waals surface area contributed by atoms with E-state index in [1.54, 1.807) is 0 Å². The molecule has 1 aliphatic rings. The number of hydrogen-bond donors (Lipinski definition) is 2. The maximum Gasteiger partial charge on any atom is 0.305 e. The molecule has 1 fully saturated rings. The number of aliphatic hydroxyl groups is 1. The monoisotopic (exact) mass is 263 g/mol. The highest BCUT2D eigenvalue weighted by atomic mass is 16.4. The molecule has 0 radical (unpaired) electrons. The number of anilines is 1. The number of aliphatic carboxylic acids is 1. The summed E-state index contributed by atoms with van der Waals surface area (Å²) in [7, 11) is 0. The highest BCUT2D eigenvalue weighted by Crippen LogP contribution is 2.29. The van der Waals surface area contributed by atoms with Gasteiger partial charge in [-0.05, 0) is 38.3 Å². The Balaban J connectivity index is 2.17. The molecular weight excluding hydrogens is 242 g/mol. The number of aliphatic hydroxyl groups excluding tert-OH is 1. The van der Waals surface area contributed by atoms with Gasteiger partial charge in [0.2, 0.25) is 0 Å². The summed E-state index contributed by atoms with van der Waals surface area (Å²) >= 11 is 0. The Morgan fingerprint density at radius 1 is 1.32 bits per heavy atom. The number of rotatable bonds is 5. The van der Waals surface area contributed by atoms with Crippen molar-refractivity contribution in [3.05, 3.63) is 29.8 Å². The third-order valence-electron chi connectivity index (χ3n) is 3.78. The Bertz CT molecular complexity index is 430. The molecule has 0 aliphatic heterocycles. The lowest BCUT2D eigenvalue weighted by Gasteiger charge is -2.33. The first-order chi connectivity index (χ1) is 9.08. The van der Waals surface area contributed by atoms with Gasteiger partial charge in [-0.1, -0.05) is 17.7 Å². The second kappa shape index (κ2) is 6.06. The normalized spacial score (nSPS) is 22.4. The van der Waals surface area contributed by atoms with Crippen LogP contribution in [0.25, 0.3) is 0 Å². The van der Waals surface area contributed by atoms with E-state index in [0.717, 1.165) is 24.9 Å². The van der Waals surface area contributed by atoms with Gasteiger partial charge in [0.1, 0.15) is 0 Å². The lowest BCUT2D eigenvalue weighted by molar-refractivity contribution is -0.136. The van der Waals surface area contributed by atoms with Crippen molar-refractivity contribution in [3.63, 3.8) is 0 Å². The predicted molar refractivity (Wildman–Crippen MR) is 74.4 cm³/mol. The van der Waals surface area contributed by atoms with Crippen molar-refractivity contribution in [1.29, 1.82) is 0 Å². The molecule has 104 valence electrons. The van der Waals surface area contributed by atoms with Gasteiger partial charge in [-0.25, -0.2) is 0 Å². The van der Waals surface area contributed by atoms with Crippen LogP contribution in [-0.2, 0) is 4.79 Å². The van der Waals surface area contributed by atoms with Gasteiger partial charge < -0.3 is 15.1 Å². The van der Waals surface area contributed by atoms with Crippen LogP contribution < -0.4 is 4.90 Å². The number of carboxylic acids is 1. The summed E-state index contributed by atoms with van der Waals surface area (Å²) in [5, 5.41) is 18.9. The minimum Gasteiger partial charge on any atom is -0.481 e. The molecule has 1 aromatic carbocycles. The molecule has 4 heteroatoms. The van der Waals surface area contributed by atoms with E-state index in [-0.39, 0.29) is 18.6 Å². The van der Waals surface area contributed by atoms with Gasteiger partial charge in [0, 0.05) is 12.2 Å². The Kier molecular flexibility index (Phi) is 4.43. The highest BCUT2D eigenvalue weighted by molar-refractivity contribution is 5.67. The van der Waals surface area contributed by atoms with E-state index in [4.69, 9.17) is 5.11 Å². The van der Waals surface area contributed by atoms with Gasteiger partial charge in [0.15, 0.2) is 0 Å². The Morgan fingerprint density at radius 2 is 2.00 bits per heavy atom. The van der Waals surface area contributed by atoms with Crippen molar-refractivity contribution in [2.45, 2.75) is 44.8 Å². The number of nitrogens with zero attached hydrogens (tertiary/aromatic N) is 1. The fraction of sp³-hybridized carbons (Fsp3) is 0.533. The van der Waals surface area contributed by atoms with Crippen LogP contribution in [0.3, 0.4) is 0 Å². The summed E-state index contributed by atoms with van der Waals surface area (Å²) in [4.78, 5) is 12.8. The van der Waals surface area contributed by atoms with Crippen LogP contribution in [0.2, 0.25) is 0 Å². The van der Waals surface area contributed by atoms with Crippen LogP contribution in [0.1, 0.15) is 31.2 Å². The molecule has 1 saturated carbocycles. The van der Waals surface area contributed by atoms with E-state index in [1.807, 2.05) is 36.1 Å². The standard InChI is InChI=1S/C15H21NO3/c1-11-5-7-12(8-6-11)16(10-9-15(18)19)13-3-2-4-14(13)17/h5-8,13-14,17H,2-4,9-10H2,1H3,(H,18,19). The fourth-order valence-electron chi connectivity index (χ4n) is 2.72. The second-order valence-corrected chi connectivity index (χ2v) is 5.24. The maximum atomic E-state index is 10.8. The maximum absolute atomic E-state index is 10.8. The van der Waals surface area contributed by atoms with Crippen LogP contribution >= 0.6 is 0 Å². The summed E-state index contributed by atoms with van der Waals surface area (Å²) in [5.74, 6) is -0.801. The quantitative estimate of drug-likeness (QED) is 0.855. The highest BCUT2D eigenvalue weighted by Gasteiger charge is 2.31. The van der Waals surface area contributed by atoms with Gasteiger partial charge in [-0.15, -0.1) is 0 Å². The zero-order chi connectivity index (χ0) is 13.8. The number of carbonyl (C=O) groups is 1. The second-order valence-electron chi connectivity index (χ2n) is 5.24. The summed E-state index contributed by atoms with van der Waals surface area (Å²) in [6.07, 6.45) is 2.47. The van der Waals surface area contributed by atoms with Crippen molar-refractivity contribution in [2.24, 2.45) is 0 Å². The fourth-order valence-corrected chi connectivity index (χ4v) is 2.72. The molecule has 0 spiro atoms. The molecular formula is C15H21NO3. The first kappa shape index (κ1) is 13.9. The van der Waals surface area contributed by atoms with Gasteiger partial charge in [-0.2, -0.15) is 0 Å². The SMILES string of the molecule is Cc1ccc(N(CCC(=O)O)C2CCCC2O)cc1. The molecule has 0 saturated heterocycles. The average molecular weight is 263 g/mol. The first-order valence-electron chi connectivity index (χ1n) is 6.81. The summed E-state index contributed by atoms with van der Waals surface area (Å²) < 4.78 is 0. The molecule has 1 aromatic rings. The molecule has 0 heterocycles. The molecule has 4 nitrogen and oxygen atoms in total. The predicted octanol–water partition coefficient (Wildman–Crippen LogP) is 2.19.